The first-order chi connectivity index (χ1) is 7.99. The molecule has 1 atom stereocenters. The third kappa shape index (κ3) is 5.10. The SMILES string of the molecule is C[C@@H](SCC(=O)NC(N)=O)c1ccc(Cl)cc1. The monoisotopic (exact) mass is 272 g/mol. The molecule has 0 aliphatic carbocycles. The molecule has 0 bridgehead atoms. The normalized spacial score (nSPS) is 11.9. The third-order valence-electron chi connectivity index (χ3n) is 2.07. The maximum absolute atomic E-state index is 11.2. The fourth-order valence-corrected chi connectivity index (χ4v) is 2.15. The van der Waals surface area contributed by atoms with Gasteiger partial charge in [-0.2, -0.15) is 0 Å². The summed E-state index contributed by atoms with van der Waals surface area (Å²) in [4.78, 5) is 21.6. The molecule has 6 heteroatoms. The van der Waals surface area contributed by atoms with E-state index in [9.17, 15) is 9.59 Å². The molecule has 17 heavy (non-hydrogen) atoms. The molecule has 0 unspecified atom stereocenters. The van der Waals surface area contributed by atoms with Crippen molar-refractivity contribution in [3.8, 4) is 0 Å². The number of thioether (sulfide) groups is 1. The van der Waals surface area contributed by atoms with Crippen molar-refractivity contribution < 1.29 is 9.59 Å². The lowest BCUT2D eigenvalue weighted by molar-refractivity contribution is -0.117. The van der Waals surface area contributed by atoms with Crippen molar-refractivity contribution in [3.63, 3.8) is 0 Å². The number of carbonyl (C=O) groups is 2. The van der Waals surface area contributed by atoms with Crippen LogP contribution in [0.1, 0.15) is 17.7 Å². The van der Waals surface area contributed by atoms with Crippen molar-refractivity contribution in [1.82, 2.24) is 5.32 Å². The van der Waals surface area contributed by atoms with Crippen LogP contribution in [-0.2, 0) is 4.79 Å². The molecule has 0 heterocycles. The Labute approximate surface area is 109 Å². The Kier molecular flexibility index (Phi) is 5.31. The lowest BCUT2D eigenvalue weighted by Crippen LogP contribution is -2.36. The van der Waals surface area contributed by atoms with Gasteiger partial charge in [-0.05, 0) is 24.6 Å². The van der Waals surface area contributed by atoms with Gasteiger partial charge in [0.25, 0.3) is 0 Å². The number of carbonyl (C=O) groups excluding carboxylic acids is 2. The first-order valence-electron chi connectivity index (χ1n) is 4.95. The van der Waals surface area contributed by atoms with Crippen LogP contribution in [0.25, 0.3) is 0 Å². The summed E-state index contributed by atoms with van der Waals surface area (Å²) in [5.74, 6) is -0.199. The molecule has 0 spiro atoms. The fraction of sp³-hybridized carbons (Fsp3) is 0.273. The number of amides is 3. The van der Waals surface area contributed by atoms with Gasteiger partial charge in [0.2, 0.25) is 5.91 Å². The van der Waals surface area contributed by atoms with Gasteiger partial charge in [0.05, 0.1) is 5.75 Å². The summed E-state index contributed by atoms with van der Waals surface area (Å²) < 4.78 is 0. The van der Waals surface area contributed by atoms with Gasteiger partial charge in [-0.3, -0.25) is 10.1 Å². The molecular weight excluding hydrogens is 260 g/mol. The van der Waals surface area contributed by atoms with Crippen LogP contribution in [0.5, 0.6) is 0 Å². The van der Waals surface area contributed by atoms with Crippen LogP contribution in [0.4, 0.5) is 4.79 Å². The summed E-state index contributed by atoms with van der Waals surface area (Å²) in [5.41, 5.74) is 5.91. The van der Waals surface area contributed by atoms with Crippen LogP contribution < -0.4 is 11.1 Å². The second-order valence-corrected chi connectivity index (χ2v) is 5.18. The highest BCUT2D eigenvalue weighted by molar-refractivity contribution is 8.00. The number of benzene rings is 1. The quantitative estimate of drug-likeness (QED) is 0.884. The number of hydrogen-bond acceptors (Lipinski definition) is 3. The highest BCUT2D eigenvalue weighted by atomic mass is 35.5. The largest absolute Gasteiger partial charge is 0.351 e. The van der Waals surface area contributed by atoms with Gasteiger partial charge in [0.1, 0.15) is 0 Å². The molecule has 0 aliphatic rings. The van der Waals surface area contributed by atoms with E-state index in [1.165, 1.54) is 11.8 Å². The number of rotatable bonds is 4. The molecule has 0 radical (unpaired) electrons. The molecule has 0 saturated heterocycles. The number of imide groups is 1. The van der Waals surface area contributed by atoms with E-state index in [0.29, 0.717) is 5.02 Å². The first-order valence-corrected chi connectivity index (χ1v) is 6.38. The van der Waals surface area contributed by atoms with E-state index < -0.39 is 6.03 Å². The zero-order valence-electron chi connectivity index (χ0n) is 9.27. The van der Waals surface area contributed by atoms with Gasteiger partial charge in [-0.25, -0.2) is 4.79 Å². The van der Waals surface area contributed by atoms with Crippen molar-refractivity contribution in [1.29, 1.82) is 0 Å². The Bertz CT molecular complexity index is 408. The molecule has 3 amide bonds. The number of primary amides is 1. The molecule has 1 aromatic rings. The highest BCUT2D eigenvalue weighted by Gasteiger charge is 2.10. The van der Waals surface area contributed by atoms with Crippen molar-refractivity contribution in [3.05, 3.63) is 34.9 Å². The summed E-state index contributed by atoms with van der Waals surface area (Å²) in [6.45, 7) is 1.98. The second kappa shape index (κ2) is 6.51. The van der Waals surface area contributed by atoms with Crippen LogP contribution in [0.3, 0.4) is 0 Å². The highest BCUT2D eigenvalue weighted by Crippen LogP contribution is 2.28. The lowest BCUT2D eigenvalue weighted by Gasteiger charge is -2.11. The topological polar surface area (TPSA) is 72.2 Å². The molecule has 4 nitrogen and oxygen atoms in total. The standard InChI is InChI=1S/C11H13ClN2O2S/c1-7(8-2-4-9(12)5-3-8)17-6-10(15)14-11(13)16/h2-5,7H,6H2,1H3,(H3,13,14,15,16)/t7-/m1/s1. The van der Waals surface area contributed by atoms with Crippen LogP contribution in [0, 0.1) is 0 Å². The predicted molar refractivity (Wildman–Crippen MR) is 70.1 cm³/mol. The Hall–Kier alpha value is -1.20. The van der Waals surface area contributed by atoms with Crippen molar-refractivity contribution >= 4 is 35.3 Å². The van der Waals surface area contributed by atoms with Gasteiger partial charge in [0, 0.05) is 10.3 Å². The molecule has 0 saturated carbocycles. The van der Waals surface area contributed by atoms with Gasteiger partial charge in [0.15, 0.2) is 0 Å². The number of urea groups is 1. The average molecular weight is 273 g/mol. The van der Waals surface area contributed by atoms with Crippen molar-refractivity contribution in [2.24, 2.45) is 5.73 Å². The lowest BCUT2D eigenvalue weighted by atomic mass is 10.2. The minimum atomic E-state index is -0.824. The number of halogens is 1. The van der Waals surface area contributed by atoms with Crippen molar-refractivity contribution in [2.75, 3.05) is 5.75 Å². The number of hydrogen-bond donors (Lipinski definition) is 2. The van der Waals surface area contributed by atoms with Gasteiger partial charge < -0.3 is 5.73 Å². The summed E-state index contributed by atoms with van der Waals surface area (Å²) in [6, 6.07) is 6.60. The third-order valence-corrected chi connectivity index (χ3v) is 3.52. The molecule has 3 N–H and O–H groups in total. The van der Waals surface area contributed by atoms with Gasteiger partial charge in [-0.15, -0.1) is 11.8 Å². The Morgan fingerprint density at radius 2 is 2.00 bits per heavy atom. The molecule has 0 aromatic heterocycles. The predicted octanol–water partition coefficient (Wildman–Crippen LogP) is 2.33. The van der Waals surface area contributed by atoms with E-state index >= 15 is 0 Å². The summed E-state index contributed by atoms with van der Waals surface area (Å²) in [7, 11) is 0. The maximum atomic E-state index is 11.2. The molecule has 92 valence electrons. The van der Waals surface area contributed by atoms with Crippen molar-refractivity contribution in [2.45, 2.75) is 12.2 Å². The summed E-state index contributed by atoms with van der Waals surface area (Å²) in [6.07, 6.45) is 0. The molecule has 0 fully saturated rings. The fourth-order valence-electron chi connectivity index (χ4n) is 1.20. The van der Waals surface area contributed by atoms with E-state index in [1.807, 2.05) is 24.4 Å². The summed E-state index contributed by atoms with van der Waals surface area (Å²) in [5, 5.41) is 2.84. The Balaban J connectivity index is 2.44. The van der Waals surface area contributed by atoms with Crippen LogP contribution in [0.15, 0.2) is 24.3 Å². The molecule has 0 aliphatic heterocycles. The summed E-state index contributed by atoms with van der Waals surface area (Å²) >= 11 is 7.20. The van der Waals surface area contributed by atoms with Crippen LogP contribution >= 0.6 is 23.4 Å². The van der Waals surface area contributed by atoms with Gasteiger partial charge >= 0.3 is 6.03 Å². The minimum Gasteiger partial charge on any atom is -0.351 e. The van der Waals surface area contributed by atoms with E-state index in [2.05, 4.69) is 0 Å². The molecule has 1 aromatic carbocycles. The second-order valence-electron chi connectivity index (χ2n) is 3.42. The Morgan fingerprint density at radius 3 is 2.53 bits per heavy atom. The van der Waals surface area contributed by atoms with Gasteiger partial charge in [-0.1, -0.05) is 23.7 Å². The first kappa shape index (κ1) is 13.9. The minimum absolute atomic E-state index is 0.144. The average Bonchev–Trinajstić information content (AvgIpc) is 2.26. The van der Waals surface area contributed by atoms with Crippen LogP contribution in [-0.4, -0.2) is 17.7 Å². The number of nitrogens with two attached hydrogens (primary N) is 1. The van der Waals surface area contributed by atoms with Crippen LogP contribution in [0.2, 0.25) is 5.02 Å². The number of nitrogens with one attached hydrogen (secondary N) is 1. The van der Waals surface area contributed by atoms with E-state index in [1.54, 1.807) is 12.1 Å². The molecule has 1 rings (SSSR count). The zero-order chi connectivity index (χ0) is 12.8. The molecular formula is C11H13ClN2O2S. The smallest absolute Gasteiger partial charge is 0.318 e. The maximum Gasteiger partial charge on any atom is 0.318 e. The zero-order valence-corrected chi connectivity index (χ0v) is 10.8. The Morgan fingerprint density at radius 1 is 1.41 bits per heavy atom. The van der Waals surface area contributed by atoms with E-state index in [4.69, 9.17) is 17.3 Å². The van der Waals surface area contributed by atoms with E-state index in [0.717, 1.165) is 5.56 Å². The van der Waals surface area contributed by atoms with E-state index in [-0.39, 0.29) is 16.9 Å².